The Morgan fingerprint density at radius 1 is 0.511 bits per heavy atom. The van der Waals surface area contributed by atoms with Crippen molar-refractivity contribution in [1.29, 1.82) is 0 Å². The lowest BCUT2D eigenvalue weighted by Gasteiger charge is -2.18. The summed E-state index contributed by atoms with van der Waals surface area (Å²) in [6, 6.07) is 47.5. The van der Waals surface area contributed by atoms with Crippen LogP contribution in [0.1, 0.15) is 11.6 Å². The molecule has 2 unspecified atom stereocenters. The fourth-order valence-corrected chi connectivity index (χ4v) is 8.33. The Labute approximate surface area is 266 Å². The Morgan fingerprint density at radius 2 is 1.13 bits per heavy atom. The lowest BCUT2D eigenvalue weighted by atomic mass is 9.90. The van der Waals surface area contributed by atoms with Crippen LogP contribution in [0.4, 0.5) is 0 Å². The van der Waals surface area contributed by atoms with E-state index in [9.17, 15) is 0 Å². The van der Waals surface area contributed by atoms with Gasteiger partial charge in [-0.2, -0.15) is 0 Å². The molecule has 1 aliphatic heterocycles. The predicted molar refractivity (Wildman–Crippen MR) is 189 cm³/mol. The maximum Gasteiger partial charge on any atom is 0.0810 e. The van der Waals surface area contributed by atoms with E-state index in [1.54, 1.807) is 0 Å². The third-order valence-electron chi connectivity index (χ3n) is 8.99. The average Bonchev–Trinajstić information content (AvgIpc) is 3.50. The first-order valence-corrected chi connectivity index (χ1v) is 16.3. The number of benzene rings is 5. The molecule has 3 heterocycles. The fraction of sp³-hybridized carbons (Fsp3) is 0.0476. The predicted octanol–water partition coefficient (Wildman–Crippen LogP) is 11.1. The zero-order valence-corrected chi connectivity index (χ0v) is 25.3. The molecule has 0 radical (unpaired) electrons. The minimum atomic E-state index is 0.255. The number of aromatic nitrogens is 2. The highest BCUT2D eigenvalue weighted by atomic mass is 32.2. The van der Waals surface area contributed by atoms with Gasteiger partial charge in [-0.3, -0.25) is 4.98 Å². The molecule has 0 N–H and O–H groups in total. The molecular weight excluding hydrogens is 565 g/mol. The second-order valence-electron chi connectivity index (χ2n) is 11.6. The van der Waals surface area contributed by atoms with Crippen LogP contribution in [-0.2, 0) is 0 Å². The average molecular weight is 593 g/mol. The van der Waals surface area contributed by atoms with Crippen LogP contribution >= 0.6 is 11.8 Å². The van der Waals surface area contributed by atoms with Gasteiger partial charge in [0.15, 0.2) is 0 Å². The van der Waals surface area contributed by atoms with Crippen LogP contribution < -0.4 is 0 Å². The van der Waals surface area contributed by atoms with Crippen LogP contribution in [0.15, 0.2) is 163 Å². The van der Waals surface area contributed by atoms with Crippen LogP contribution in [0.5, 0.6) is 0 Å². The van der Waals surface area contributed by atoms with Gasteiger partial charge in [-0.25, -0.2) is 4.98 Å². The molecule has 45 heavy (non-hydrogen) atoms. The summed E-state index contributed by atoms with van der Waals surface area (Å²) in [6.07, 6.45) is 8.95. The van der Waals surface area contributed by atoms with Crippen molar-refractivity contribution in [3.8, 4) is 44.8 Å². The van der Waals surface area contributed by atoms with E-state index in [0.29, 0.717) is 5.25 Å². The molecule has 9 rings (SSSR count). The monoisotopic (exact) mass is 592 g/mol. The number of fused-ring (bicyclic) bond motifs is 6. The van der Waals surface area contributed by atoms with Gasteiger partial charge in [0.1, 0.15) is 0 Å². The molecule has 0 spiro atoms. The van der Waals surface area contributed by atoms with E-state index in [0.717, 1.165) is 44.5 Å². The SMILES string of the molecule is C1=CC2Sc3c(-c4ccccc4)cc(-c4cccc5c4nc(-c4ccccc4)c4cccc(-c6ccccc6)c45)nc3C2C=C1. The Kier molecular flexibility index (Phi) is 6.24. The third kappa shape index (κ3) is 4.34. The lowest BCUT2D eigenvalue weighted by molar-refractivity contribution is 0.838. The largest absolute Gasteiger partial charge is 0.251 e. The zero-order valence-electron chi connectivity index (χ0n) is 24.5. The van der Waals surface area contributed by atoms with E-state index in [1.165, 1.54) is 32.5 Å². The maximum absolute atomic E-state index is 5.49. The van der Waals surface area contributed by atoms with Gasteiger partial charge in [0.05, 0.1) is 22.6 Å². The van der Waals surface area contributed by atoms with Crippen molar-refractivity contribution in [2.45, 2.75) is 16.1 Å². The molecule has 2 nitrogen and oxygen atoms in total. The van der Waals surface area contributed by atoms with Crippen molar-refractivity contribution in [3.63, 3.8) is 0 Å². The maximum atomic E-state index is 5.49. The second-order valence-corrected chi connectivity index (χ2v) is 12.8. The van der Waals surface area contributed by atoms with Crippen molar-refractivity contribution < 1.29 is 0 Å². The molecule has 7 aromatic rings. The summed E-state index contributed by atoms with van der Waals surface area (Å²) in [4.78, 5) is 12.2. The van der Waals surface area contributed by atoms with Gasteiger partial charge in [-0.15, -0.1) is 11.8 Å². The normalized spacial score (nSPS) is 16.6. The van der Waals surface area contributed by atoms with Crippen molar-refractivity contribution in [2.75, 3.05) is 0 Å². The Morgan fingerprint density at radius 3 is 1.87 bits per heavy atom. The zero-order chi connectivity index (χ0) is 29.7. The van der Waals surface area contributed by atoms with Crippen LogP contribution in [0.2, 0.25) is 0 Å². The summed E-state index contributed by atoms with van der Waals surface area (Å²) in [6.45, 7) is 0. The van der Waals surface area contributed by atoms with E-state index in [4.69, 9.17) is 9.97 Å². The summed E-state index contributed by atoms with van der Waals surface area (Å²) >= 11 is 1.93. The van der Waals surface area contributed by atoms with E-state index in [-0.39, 0.29) is 5.92 Å². The standard InChI is InChI=1S/C42H28N2S/c1-4-14-27(15-5-1)30-21-12-23-33-38(30)34-24-13-22-31(40(34)44-39(33)29-18-8-3-9-19-29)36-26-35(28-16-6-2-7-17-28)42-41(43-36)32-20-10-11-25-37(32)45-42/h1-26,32,37H. The first-order chi connectivity index (χ1) is 22.3. The summed E-state index contributed by atoms with van der Waals surface area (Å²) < 4.78 is 0. The van der Waals surface area contributed by atoms with Gasteiger partial charge in [-0.1, -0.05) is 152 Å². The Hall–Kier alpha value is -5.25. The third-order valence-corrected chi connectivity index (χ3v) is 10.4. The molecule has 0 fully saturated rings. The van der Waals surface area contributed by atoms with Gasteiger partial charge in [0, 0.05) is 43.3 Å². The van der Waals surface area contributed by atoms with Crippen LogP contribution in [0.3, 0.4) is 0 Å². The molecule has 0 saturated carbocycles. The van der Waals surface area contributed by atoms with E-state index in [1.807, 2.05) is 11.8 Å². The molecule has 3 heteroatoms. The quantitative estimate of drug-likeness (QED) is 0.190. The van der Waals surface area contributed by atoms with Crippen LogP contribution in [-0.4, -0.2) is 15.2 Å². The number of rotatable bonds is 4. The molecule has 0 bridgehead atoms. The van der Waals surface area contributed by atoms with Gasteiger partial charge in [0.25, 0.3) is 0 Å². The molecule has 0 saturated heterocycles. The van der Waals surface area contributed by atoms with Gasteiger partial charge in [0.2, 0.25) is 0 Å². The summed E-state index contributed by atoms with van der Waals surface area (Å²) in [5, 5.41) is 3.87. The van der Waals surface area contributed by atoms with Crippen molar-refractivity contribution in [2.24, 2.45) is 0 Å². The molecule has 5 aromatic carbocycles. The molecule has 1 aliphatic carbocycles. The summed E-state index contributed by atoms with van der Waals surface area (Å²) in [5.41, 5.74) is 11.1. The highest BCUT2D eigenvalue weighted by Crippen LogP contribution is 2.52. The molecule has 2 atom stereocenters. The van der Waals surface area contributed by atoms with Crippen molar-refractivity contribution >= 4 is 33.4 Å². The number of hydrogen-bond donors (Lipinski definition) is 0. The highest BCUT2D eigenvalue weighted by Gasteiger charge is 2.35. The van der Waals surface area contributed by atoms with Crippen molar-refractivity contribution in [3.05, 3.63) is 163 Å². The first kappa shape index (κ1) is 26.2. The van der Waals surface area contributed by atoms with Crippen LogP contribution in [0.25, 0.3) is 66.4 Å². The summed E-state index contributed by atoms with van der Waals surface area (Å²) in [5.74, 6) is 0.255. The molecular formula is C42H28N2S. The van der Waals surface area contributed by atoms with Gasteiger partial charge >= 0.3 is 0 Å². The number of allylic oxidation sites excluding steroid dienone is 3. The molecule has 2 aromatic heterocycles. The number of thioether (sulfide) groups is 1. The van der Waals surface area contributed by atoms with Crippen molar-refractivity contribution in [1.82, 2.24) is 9.97 Å². The first-order valence-electron chi connectivity index (χ1n) is 15.4. The van der Waals surface area contributed by atoms with E-state index >= 15 is 0 Å². The Balaban J connectivity index is 1.37. The second kappa shape index (κ2) is 10.7. The van der Waals surface area contributed by atoms with Crippen LogP contribution in [0, 0.1) is 0 Å². The molecule has 2 aliphatic rings. The minimum Gasteiger partial charge on any atom is -0.251 e. The number of hydrogen-bond acceptors (Lipinski definition) is 3. The fourth-order valence-electron chi connectivity index (χ4n) is 6.91. The summed E-state index contributed by atoms with van der Waals surface area (Å²) in [7, 11) is 0. The number of pyridine rings is 2. The van der Waals surface area contributed by atoms with E-state index in [2.05, 4.69) is 158 Å². The highest BCUT2D eigenvalue weighted by molar-refractivity contribution is 8.00. The molecule has 212 valence electrons. The smallest absolute Gasteiger partial charge is 0.0810 e. The minimum absolute atomic E-state index is 0.255. The lowest BCUT2D eigenvalue weighted by Crippen LogP contribution is -2.08. The molecule has 0 amide bonds. The Bertz CT molecular complexity index is 2290. The topological polar surface area (TPSA) is 25.8 Å². The number of nitrogens with zero attached hydrogens (tertiary/aromatic N) is 2. The number of para-hydroxylation sites is 1. The van der Waals surface area contributed by atoms with Gasteiger partial charge in [-0.05, 0) is 28.3 Å². The van der Waals surface area contributed by atoms with Gasteiger partial charge < -0.3 is 0 Å². The van der Waals surface area contributed by atoms with E-state index < -0.39 is 0 Å².